The van der Waals surface area contributed by atoms with Crippen LogP contribution in [0.4, 0.5) is 0 Å². The molecule has 0 bridgehead atoms. The molecule has 0 aliphatic heterocycles. The van der Waals surface area contributed by atoms with Gasteiger partial charge in [-0.1, -0.05) is 175 Å². The summed E-state index contributed by atoms with van der Waals surface area (Å²) in [6.07, 6.45) is 8.30. The van der Waals surface area contributed by atoms with Crippen molar-refractivity contribution in [3.8, 4) is 0 Å². The lowest BCUT2D eigenvalue weighted by Crippen LogP contribution is -2.46. The van der Waals surface area contributed by atoms with Crippen LogP contribution in [0.25, 0.3) is 0 Å². The number of benzene rings is 5. The number of nitrogens with zero attached hydrogens (tertiary/aromatic N) is 2. The molecule has 43 heavy (non-hydrogen) atoms. The van der Waals surface area contributed by atoms with E-state index in [-0.39, 0.29) is 5.16 Å². The van der Waals surface area contributed by atoms with Crippen molar-refractivity contribution in [1.82, 2.24) is 9.55 Å². The molecule has 0 radical (unpaired) electrons. The molecule has 0 atom stereocenters. The highest BCUT2D eigenvalue weighted by Crippen LogP contribution is 2.33. The summed E-state index contributed by atoms with van der Waals surface area (Å²) in [5, 5.41) is 1.26. The summed E-state index contributed by atoms with van der Waals surface area (Å²) in [5.74, 6) is 1.99. The quantitative estimate of drug-likeness (QED) is 0.181. The van der Waals surface area contributed by atoms with Crippen LogP contribution < -0.4 is 16.1 Å². The Hall–Kier alpha value is -4.67. The Balaban J connectivity index is 0.000000207. The summed E-state index contributed by atoms with van der Waals surface area (Å²) in [6.45, 7) is 6.45. The molecule has 0 spiro atoms. The summed E-state index contributed by atoms with van der Waals surface area (Å²) in [5.41, 5.74) is 6.65. The van der Waals surface area contributed by atoms with E-state index in [9.17, 15) is 0 Å². The van der Waals surface area contributed by atoms with Crippen LogP contribution in [-0.2, 0) is 11.6 Å². The van der Waals surface area contributed by atoms with Gasteiger partial charge in [0.1, 0.15) is 0 Å². The molecule has 212 valence electrons. The molecular weight excluding hydrogens is 535 g/mol. The van der Waals surface area contributed by atoms with Gasteiger partial charge in [0.25, 0.3) is 0 Å². The fraction of sp³-hybridized carbons (Fsp3) is 0.103. The normalized spacial score (nSPS) is 11.1. The molecule has 0 amide bonds. The smallest absolute Gasteiger partial charge is 0.233 e. The molecule has 6 aromatic rings. The van der Waals surface area contributed by atoms with Gasteiger partial charge in [0.2, 0.25) is 6.71 Å². The zero-order chi connectivity index (χ0) is 29.7. The van der Waals surface area contributed by atoms with E-state index in [0.717, 1.165) is 6.42 Å². The Labute approximate surface area is 259 Å². The van der Waals surface area contributed by atoms with Crippen molar-refractivity contribution in [3.63, 3.8) is 0 Å². The van der Waals surface area contributed by atoms with E-state index in [1.54, 1.807) is 0 Å². The fourth-order valence-electron chi connectivity index (χ4n) is 5.87. The van der Waals surface area contributed by atoms with Gasteiger partial charge in [-0.05, 0) is 23.1 Å². The zero-order valence-electron chi connectivity index (χ0n) is 25.0. The molecule has 0 saturated heterocycles. The van der Waals surface area contributed by atoms with Gasteiger partial charge in [-0.15, -0.1) is 12.6 Å². The van der Waals surface area contributed by atoms with Crippen molar-refractivity contribution in [3.05, 3.63) is 194 Å². The van der Waals surface area contributed by atoms with Gasteiger partial charge in [-0.2, -0.15) is 0 Å². The third-order valence-corrected chi connectivity index (χ3v) is 10.6. The van der Waals surface area contributed by atoms with E-state index in [0.29, 0.717) is 6.71 Å². The first kappa shape index (κ1) is 29.8. The van der Waals surface area contributed by atoms with Crippen molar-refractivity contribution in [2.24, 2.45) is 0 Å². The van der Waals surface area contributed by atoms with Crippen LogP contribution in [0, 0.1) is 0 Å². The first-order chi connectivity index (χ1) is 21.2. The maximum atomic E-state index is 4.40. The standard InChI is InChI=1S/C25H26N2Si.C14H13B/c1-2-9-21-14-16-24(17-15-21)28-25(27-19-18-26-20-27,22-10-5-3-6-11-22)23-12-7-4-8-13-23;1-2-15(13-9-5-3-6-10-13)14-11-7-4-8-12-14/h3-8,10-20H,2,9,28H2,1H3;2-12H,1H2. The molecule has 0 N–H and O–H groups in total. The number of hydrogen-bond donors (Lipinski definition) is 0. The number of aromatic nitrogens is 2. The Bertz CT molecular complexity index is 1560. The summed E-state index contributed by atoms with van der Waals surface area (Å²) >= 11 is 0. The second-order valence-corrected chi connectivity index (χ2v) is 13.0. The van der Waals surface area contributed by atoms with Crippen molar-refractivity contribution in [2.45, 2.75) is 24.9 Å². The third kappa shape index (κ3) is 7.22. The summed E-state index contributed by atoms with van der Waals surface area (Å²) < 4.78 is 2.31. The summed E-state index contributed by atoms with van der Waals surface area (Å²) in [7, 11) is -0.777. The Morgan fingerprint density at radius 3 is 1.60 bits per heavy atom. The van der Waals surface area contributed by atoms with Crippen molar-refractivity contribution in [1.29, 1.82) is 0 Å². The van der Waals surface area contributed by atoms with Gasteiger partial charge in [0.15, 0.2) is 0 Å². The highest BCUT2D eigenvalue weighted by atomic mass is 28.2. The maximum absolute atomic E-state index is 4.40. The average Bonchev–Trinajstić information content (AvgIpc) is 3.63. The number of rotatable bonds is 10. The molecule has 1 aromatic heterocycles. The Morgan fingerprint density at radius 2 is 1.19 bits per heavy atom. The van der Waals surface area contributed by atoms with Crippen LogP contribution in [0.3, 0.4) is 0 Å². The molecule has 1 heterocycles. The maximum Gasteiger partial charge on any atom is 0.233 e. The fourth-order valence-corrected chi connectivity index (χ4v) is 8.18. The largest absolute Gasteiger partial charge is 0.326 e. The molecule has 0 aliphatic rings. The van der Waals surface area contributed by atoms with Crippen LogP contribution in [0.15, 0.2) is 177 Å². The van der Waals surface area contributed by atoms with Crippen LogP contribution >= 0.6 is 0 Å². The minimum Gasteiger partial charge on any atom is -0.326 e. The predicted molar refractivity (Wildman–Crippen MR) is 188 cm³/mol. The Morgan fingerprint density at radius 1 is 0.698 bits per heavy atom. The van der Waals surface area contributed by atoms with Crippen LogP contribution in [0.5, 0.6) is 0 Å². The molecule has 0 unspecified atom stereocenters. The first-order valence-electron chi connectivity index (χ1n) is 15.1. The lowest BCUT2D eigenvalue weighted by molar-refractivity contribution is 0.596. The van der Waals surface area contributed by atoms with Crippen molar-refractivity contribution >= 4 is 32.3 Å². The van der Waals surface area contributed by atoms with E-state index >= 15 is 0 Å². The minimum absolute atomic E-state index is 0.203. The van der Waals surface area contributed by atoms with E-state index in [1.807, 2.05) is 30.6 Å². The van der Waals surface area contributed by atoms with Crippen LogP contribution in [-0.4, -0.2) is 25.8 Å². The molecule has 2 nitrogen and oxygen atoms in total. The molecule has 0 saturated carbocycles. The number of imidazole rings is 1. The minimum atomic E-state index is -0.777. The number of hydrogen-bond acceptors (Lipinski definition) is 1. The van der Waals surface area contributed by atoms with E-state index in [1.165, 1.54) is 39.2 Å². The van der Waals surface area contributed by atoms with Crippen molar-refractivity contribution in [2.75, 3.05) is 0 Å². The SMILES string of the molecule is C=CB(c1ccccc1)c1ccccc1.CCCc1ccc([SiH2]C(c2ccccc2)(c2ccccc2)n2ccnc2)cc1. The molecule has 0 aliphatic carbocycles. The molecule has 4 heteroatoms. The molecule has 6 rings (SSSR count). The summed E-state index contributed by atoms with van der Waals surface area (Å²) in [6, 6.07) is 51.9. The topological polar surface area (TPSA) is 17.8 Å². The predicted octanol–water partition coefficient (Wildman–Crippen LogP) is 6.10. The van der Waals surface area contributed by atoms with Gasteiger partial charge in [-0.25, -0.2) is 4.98 Å². The number of aryl methyl sites for hydroxylation is 1. The van der Waals surface area contributed by atoms with Crippen LogP contribution in [0.2, 0.25) is 0 Å². The highest BCUT2D eigenvalue weighted by Gasteiger charge is 2.36. The zero-order valence-corrected chi connectivity index (χ0v) is 26.4. The lowest BCUT2D eigenvalue weighted by Gasteiger charge is -2.37. The third-order valence-electron chi connectivity index (χ3n) is 8.02. The average molecular weight is 575 g/mol. The van der Waals surface area contributed by atoms with Gasteiger partial charge >= 0.3 is 0 Å². The van der Waals surface area contributed by atoms with Gasteiger partial charge in [0.05, 0.1) is 21.0 Å². The van der Waals surface area contributed by atoms with Crippen LogP contribution in [0.1, 0.15) is 30.0 Å². The van der Waals surface area contributed by atoms with E-state index in [2.05, 4.69) is 163 Å². The summed E-state index contributed by atoms with van der Waals surface area (Å²) in [4.78, 5) is 4.40. The van der Waals surface area contributed by atoms with E-state index in [4.69, 9.17) is 0 Å². The second kappa shape index (κ2) is 15.0. The van der Waals surface area contributed by atoms with Gasteiger partial charge in [0, 0.05) is 12.4 Å². The second-order valence-electron chi connectivity index (χ2n) is 10.8. The first-order valence-corrected chi connectivity index (χ1v) is 16.6. The highest BCUT2D eigenvalue weighted by molar-refractivity contribution is 6.89. The van der Waals surface area contributed by atoms with Gasteiger partial charge < -0.3 is 4.57 Å². The van der Waals surface area contributed by atoms with Crippen molar-refractivity contribution < 1.29 is 0 Å². The molecular formula is C39H39BN2Si. The Kier molecular flexibility index (Phi) is 10.4. The molecule has 5 aromatic carbocycles. The monoisotopic (exact) mass is 574 g/mol. The van der Waals surface area contributed by atoms with E-state index < -0.39 is 9.52 Å². The molecule has 0 fully saturated rings. The lowest BCUT2D eigenvalue weighted by atomic mass is 9.41. The van der Waals surface area contributed by atoms with Gasteiger partial charge in [-0.3, -0.25) is 0 Å².